The average Bonchev–Trinajstić information content (AvgIpc) is 2.93. The summed E-state index contributed by atoms with van der Waals surface area (Å²) in [6, 6.07) is 9.77. The third kappa shape index (κ3) is 3.16. The van der Waals surface area contributed by atoms with Crippen LogP contribution < -0.4 is 10.6 Å². The highest BCUT2D eigenvalue weighted by molar-refractivity contribution is 5.99. The van der Waals surface area contributed by atoms with Crippen molar-refractivity contribution in [3.63, 3.8) is 0 Å². The number of nitrogens with zero attached hydrogens (tertiary/aromatic N) is 1. The Morgan fingerprint density at radius 2 is 1.96 bits per heavy atom. The molecule has 0 spiro atoms. The van der Waals surface area contributed by atoms with Crippen LogP contribution in [0.1, 0.15) is 43.1 Å². The number of para-hydroxylation sites is 1. The highest BCUT2D eigenvalue weighted by atomic mass is 16.2. The summed E-state index contributed by atoms with van der Waals surface area (Å²) in [5.74, 6) is -0.174. The van der Waals surface area contributed by atoms with Gasteiger partial charge in [0, 0.05) is 30.5 Å². The average molecular weight is 327 g/mol. The lowest BCUT2D eigenvalue weighted by molar-refractivity contribution is -0.126. The monoisotopic (exact) mass is 327 g/mol. The number of hydrogen-bond donors (Lipinski definition) is 2. The van der Waals surface area contributed by atoms with Crippen LogP contribution in [0.5, 0.6) is 0 Å². The van der Waals surface area contributed by atoms with Crippen LogP contribution in [0, 0.1) is 5.92 Å². The molecule has 2 N–H and O–H groups in total. The molecule has 2 aromatic rings. The summed E-state index contributed by atoms with van der Waals surface area (Å²) >= 11 is 0. The first-order chi connectivity index (χ1) is 11.6. The lowest BCUT2D eigenvalue weighted by Crippen LogP contribution is -2.48. The predicted octanol–water partition coefficient (Wildman–Crippen LogP) is 2.60. The molecule has 128 valence electrons. The maximum absolute atomic E-state index is 12.8. The Hall–Kier alpha value is -2.30. The van der Waals surface area contributed by atoms with Crippen molar-refractivity contribution in [2.75, 3.05) is 6.54 Å². The molecule has 5 heteroatoms. The van der Waals surface area contributed by atoms with Crippen molar-refractivity contribution >= 4 is 22.7 Å². The number of rotatable bonds is 4. The second-order valence-corrected chi connectivity index (χ2v) is 6.51. The summed E-state index contributed by atoms with van der Waals surface area (Å²) in [5.41, 5.74) is 1.67. The summed E-state index contributed by atoms with van der Waals surface area (Å²) in [6.45, 7) is 2.54. The number of fused-ring (bicyclic) bond motifs is 1. The van der Waals surface area contributed by atoms with Crippen molar-refractivity contribution < 1.29 is 9.59 Å². The van der Waals surface area contributed by atoms with Crippen LogP contribution >= 0.6 is 0 Å². The first-order valence-electron chi connectivity index (χ1n) is 8.75. The minimum absolute atomic E-state index is 0.0551. The number of benzene rings is 1. The highest BCUT2D eigenvalue weighted by Gasteiger charge is 2.32. The number of carbonyl (C=O) groups is 2. The van der Waals surface area contributed by atoms with Gasteiger partial charge in [-0.3, -0.25) is 9.59 Å². The smallest absolute Gasteiger partial charge is 0.268 e. The van der Waals surface area contributed by atoms with Crippen LogP contribution in [0.25, 0.3) is 10.9 Å². The molecule has 2 amide bonds. The molecule has 1 aliphatic rings. The van der Waals surface area contributed by atoms with Crippen molar-refractivity contribution in [1.82, 2.24) is 15.2 Å². The minimum atomic E-state index is -0.127. The Morgan fingerprint density at radius 1 is 1.21 bits per heavy atom. The zero-order valence-corrected chi connectivity index (χ0v) is 14.3. The normalized spacial score (nSPS) is 20.8. The minimum Gasteiger partial charge on any atom is -0.356 e. The lowest BCUT2D eigenvalue weighted by Gasteiger charge is -2.31. The van der Waals surface area contributed by atoms with E-state index in [1.54, 1.807) is 0 Å². The molecule has 1 aliphatic carbocycles. The van der Waals surface area contributed by atoms with E-state index in [0.717, 1.165) is 36.6 Å². The molecule has 1 aromatic heterocycles. The Balaban J connectivity index is 1.79. The molecule has 24 heavy (non-hydrogen) atoms. The van der Waals surface area contributed by atoms with E-state index in [9.17, 15) is 9.59 Å². The van der Waals surface area contributed by atoms with Gasteiger partial charge in [-0.25, -0.2) is 0 Å². The summed E-state index contributed by atoms with van der Waals surface area (Å²) < 4.78 is 1.91. The first kappa shape index (κ1) is 16.6. The van der Waals surface area contributed by atoms with Gasteiger partial charge in [0.05, 0.1) is 5.92 Å². The van der Waals surface area contributed by atoms with E-state index < -0.39 is 0 Å². The Bertz CT molecular complexity index is 750. The van der Waals surface area contributed by atoms with Gasteiger partial charge in [-0.15, -0.1) is 0 Å². The van der Waals surface area contributed by atoms with Gasteiger partial charge >= 0.3 is 0 Å². The lowest BCUT2D eigenvalue weighted by atomic mass is 9.83. The molecular weight excluding hydrogens is 302 g/mol. The van der Waals surface area contributed by atoms with Crippen LogP contribution in [0.2, 0.25) is 0 Å². The number of carbonyl (C=O) groups excluding carboxylic acids is 2. The topological polar surface area (TPSA) is 63.1 Å². The van der Waals surface area contributed by atoms with Crippen molar-refractivity contribution in [2.24, 2.45) is 13.0 Å². The van der Waals surface area contributed by atoms with Gasteiger partial charge in [-0.05, 0) is 31.9 Å². The largest absolute Gasteiger partial charge is 0.356 e. The fourth-order valence-electron chi connectivity index (χ4n) is 3.67. The number of aryl methyl sites for hydroxylation is 1. The molecule has 1 fully saturated rings. The van der Waals surface area contributed by atoms with Gasteiger partial charge in [-0.1, -0.05) is 31.0 Å². The molecule has 5 nitrogen and oxygen atoms in total. The highest BCUT2D eigenvalue weighted by Crippen LogP contribution is 2.25. The van der Waals surface area contributed by atoms with E-state index in [0.29, 0.717) is 12.2 Å². The Morgan fingerprint density at radius 3 is 2.71 bits per heavy atom. The molecule has 0 radical (unpaired) electrons. The van der Waals surface area contributed by atoms with E-state index in [4.69, 9.17) is 0 Å². The van der Waals surface area contributed by atoms with Crippen molar-refractivity contribution in [3.05, 3.63) is 36.0 Å². The summed E-state index contributed by atoms with van der Waals surface area (Å²) in [4.78, 5) is 25.0. The molecule has 2 atom stereocenters. The molecule has 1 saturated carbocycles. The van der Waals surface area contributed by atoms with Gasteiger partial charge in [0.15, 0.2) is 0 Å². The van der Waals surface area contributed by atoms with E-state index in [-0.39, 0.29) is 23.8 Å². The summed E-state index contributed by atoms with van der Waals surface area (Å²) in [7, 11) is 1.90. The predicted molar refractivity (Wildman–Crippen MR) is 94.8 cm³/mol. The fourth-order valence-corrected chi connectivity index (χ4v) is 3.67. The van der Waals surface area contributed by atoms with Crippen molar-refractivity contribution in [3.8, 4) is 0 Å². The third-order valence-corrected chi connectivity index (χ3v) is 4.95. The maximum Gasteiger partial charge on any atom is 0.268 e. The van der Waals surface area contributed by atoms with Crippen LogP contribution in [0.15, 0.2) is 30.3 Å². The van der Waals surface area contributed by atoms with E-state index in [2.05, 4.69) is 10.6 Å². The molecule has 1 aromatic carbocycles. The van der Waals surface area contributed by atoms with Gasteiger partial charge in [-0.2, -0.15) is 0 Å². The van der Waals surface area contributed by atoms with Gasteiger partial charge in [0.25, 0.3) is 5.91 Å². The summed E-state index contributed by atoms with van der Waals surface area (Å²) in [5, 5.41) is 7.05. The standard InChI is InChI=1S/C19H25N3O2/c1-3-20-18(23)14-9-5-6-10-15(14)21-19(24)17-12-13-8-4-7-11-16(13)22(17)2/h4,7-8,11-12,14-15H,3,5-6,9-10H2,1-2H3,(H,20,23)(H,21,24)/t14-,15+/m1/s1. The van der Waals surface area contributed by atoms with Crippen LogP contribution in [-0.2, 0) is 11.8 Å². The number of hydrogen-bond acceptors (Lipinski definition) is 2. The number of aromatic nitrogens is 1. The van der Waals surface area contributed by atoms with Crippen molar-refractivity contribution in [1.29, 1.82) is 0 Å². The molecule has 1 heterocycles. The molecule has 0 saturated heterocycles. The first-order valence-corrected chi connectivity index (χ1v) is 8.75. The molecule has 0 bridgehead atoms. The van der Waals surface area contributed by atoms with E-state index >= 15 is 0 Å². The van der Waals surface area contributed by atoms with Crippen molar-refractivity contribution in [2.45, 2.75) is 38.6 Å². The maximum atomic E-state index is 12.8. The van der Waals surface area contributed by atoms with Gasteiger partial charge in [0.2, 0.25) is 5.91 Å². The quantitative estimate of drug-likeness (QED) is 0.907. The summed E-state index contributed by atoms with van der Waals surface area (Å²) in [6.07, 6.45) is 3.79. The Kier molecular flexibility index (Phi) is 4.88. The van der Waals surface area contributed by atoms with E-state index in [1.807, 2.05) is 48.9 Å². The molecule has 0 aliphatic heterocycles. The van der Waals surface area contributed by atoms with Crippen LogP contribution in [-0.4, -0.2) is 29.0 Å². The zero-order valence-electron chi connectivity index (χ0n) is 14.3. The van der Waals surface area contributed by atoms with E-state index in [1.165, 1.54) is 0 Å². The van der Waals surface area contributed by atoms with Crippen LogP contribution in [0.4, 0.5) is 0 Å². The Labute approximate surface area is 142 Å². The SMILES string of the molecule is CCNC(=O)[C@@H]1CCCC[C@@H]1NC(=O)c1cc2ccccc2n1C. The van der Waals surface area contributed by atoms with Crippen LogP contribution in [0.3, 0.4) is 0 Å². The zero-order chi connectivity index (χ0) is 17.1. The molecular formula is C19H25N3O2. The van der Waals surface area contributed by atoms with Gasteiger partial charge < -0.3 is 15.2 Å². The second-order valence-electron chi connectivity index (χ2n) is 6.51. The molecule has 0 unspecified atom stereocenters. The second kappa shape index (κ2) is 7.07. The number of amides is 2. The third-order valence-electron chi connectivity index (χ3n) is 4.95. The van der Waals surface area contributed by atoms with Gasteiger partial charge in [0.1, 0.15) is 5.69 Å². The fraction of sp³-hybridized carbons (Fsp3) is 0.474. The number of nitrogens with one attached hydrogen (secondary N) is 2. The molecule has 3 rings (SSSR count).